The predicted octanol–water partition coefficient (Wildman–Crippen LogP) is 5.58. The fraction of sp³-hybridized carbons (Fsp3) is 0.440. The van der Waals surface area contributed by atoms with E-state index in [4.69, 9.17) is 0 Å². The molecule has 3 heterocycles. The first kappa shape index (κ1) is 19.4. The van der Waals surface area contributed by atoms with Gasteiger partial charge >= 0.3 is 0 Å². The van der Waals surface area contributed by atoms with Gasteiger partial charge in [0, 0.05) is 48.2 Å². The highest BCUT2D eigenvalue weighted by Crippen LogP contribution is 2.36. The number of nitrogens with zero attached hydrogens (tertiary/aromatic N) is 3. The molecule has 2 fully saturated rings. The maximum Gasteiger partial charge on any atom is 0.130 e. The van der Waals surface area contributed by atoms with Gasteiger partial charge in [-0.25, -0.2) is 9.37 Å². The topological polar surface area (TPSA) is 40.3 Å². The molecule has 2 atom stereocenters. The van der Waals surface area contributed by atoms with Crippen molar-refractivity contribution in [2.75, 3.05) is 18.5 Å². The van der Waals surface area contributed by atoms with Gasteiger partial charge < -0.3 is 5.32 Å². The maximum absolute atomic E-state index is 12.8. The highest BCUT2D eigenvalue weighted by atomic mass is 19.1. The summed E-state index contributed by atoms with van der Waals surface area (Å²) in [5, 5.41) is 5.77. The minimum atomic E-state index is -0.201. The monoisotopic (exact) mass is 404 g/mol. The summed E-state index contributed by atoms with van der Waals surface area (Å²) in [5.74, 6) is 1.31. The van der Waals surface area contributed by atoms with Crippen molar-refractivity contribution in [1.29, 1.82) is 0 Å². The Labute approximate surface area is 177 Å². The summed E-state index contributed by atoms with van der Waals surface area (Å²) in [4.78, 5) is 11.3. The molecule has 30 heavy (non-hydrogen) atoms. The van der Waals surface area contributed by atoms with E-state index < -0.39 is 0 Å². The second-order valence-corrected chi connectivity index (χ2v) is 8.99. The number of nitrogens with one attached hydrogen (secondary N) is 1. The van der Waals surface area contributed by atoms with Crippen molar-refractivity contribution in [2.24, 2.45) is 10.9 Å². The number of aliphatic imine (C=N–C) groups is 1. The first-order chi connectivity index (χ1) is 14.6. The molecule has 3 aliphatic rings. The van der Waals surface area contributed by atoms with Crippen molar-refractivity contribution >= 4 is 27.9 Å². The van der Waals surface area contributed by atoms with E-state index in [9.17, 15) is 4.39 Å². The van der Waals surface area contributed by atoms with E-state index >= 15 is 0 Å². The van der Waals surface area contributed by atoms with Gasteiger partial charge in [0.1, 0.15) is 12.5 Å². The number of halogens is 1. The molecule has 0 bridgehead atoms. The molecule has 1 saturated carbocycles. The zero-order valence-electron chi connectivity index (χ0n) is 17.6. The number of allylic oxidation sites excluding steroid dienone is 2. The molecule has 5 rings (SSSR count). The first-order valence-electron chi connectivity index (χ1n) is 11.0. The number of benzene rings is 1. The van der Waals surface area contributed by atoms with E-state index in [1.807, 2.05) is 12.4 Å². The van der Waals surface area contributed by atoms with Gasteiger partial charge in [-0.05, 0) is 67.2 Å². The molecule has 1 N–H and O–H groups in total. The van der Waals surface area contributed by atoms with Crippen LogP contribution in [0.3, 0.4) is 0 Å². The lowest BCUT2D eigenvalue weighted by Crippen LogP contribution is -2.29. The van der Waals surface area contributed by atoms with Crippen LogP contribution in [-0.4, -0.2) is 40.9 Å². The van der Waals surface area contributed by atoms with Crippen LogP contribution in [0.4, 0.5) is 10.2 Å². The van der Waals surface area contributed by atoms with E-state index in [2.05, 4.69) is 58.0 Å². The quantitative estimate of drug-likeness (QED) is 0.639. The fourth-order valence-electron chi connectivity index (χ4n) is 4.94. The predicted molar refractivity (Wildman–Crippen MR) is 122 cm³/mol. The van der Waals surface area contributed by atoms with Gasteiger partial charge in [0.25, 0.3) is 0 Å². The van der Waals surface area contributed by atoms with E-state index in [0.717, 1.165) is 61.3 Å². The van der Waals surface area contributed by atoms with Crippen molar-refractivity contribution in [2.45, 2.75) is 51.1 Å². The van der Waals surface area contributed by atoms with Crippen LogP contribution in [0.2, 0.25) is 0 Å². The lowest BCUT2D eigenvalue weighted by Gasteiger charge is -2.31. The summed E-state index contributed by atoms with van der Waals surface area (Å²) in [7, 11) is 0. The van der Waals surface area contributed by atoms with Crippen molar-refractivity contribution in [3.05, 3.63) is 54.5 Å². The van der Waals surface area contributed by atoms with Crippen LogP contribution in [-0.2, 0) is 0 Å². The number of rotatable bonds is 6. The molecule has 156 valence electrons. The Hall–Kier alpha value is -2.53. The van der Waals surface area contributed by atoms with E-state index in [1.165, 1.54) is 16.5 Å². The summed E-state index contributed by atoms with van der Waals surface area (Å²) < 4.78 is 12.8. The van der Waals surface area contributed by atoms with E-state index in [0.29, 0.717) is 12.0 Å². The molecule has 1 aromatic heterocycles. The Morgan fingerprint density at radius 1 is 1.20 bits per heavy atom. The molecule has 4 nitrogen and oxygen atoms in total. The Morgan fingerprint density at radius 3 is 2.73 bits per heavy atom. The third-order valence-electron chi connectivity index (χ3n) is 6.86. The molecule has 1 aromatic carbocycles. The van der Waals surface area contributed by atoms with E-state index in [-0.39, 0.29) is 12.7 Å². The average Bonchev–Trinajstić information content (AvgIpc) is 3.44. The smallest absolute Gasteiger partial charge is 0.130 e. The maximum atomic E-state index is 12.8. The van der Waals surface area contributed by atoms with Gasteiger partial charge in [-0.15, -0.1) is 0 Å². The molecule has 1 saturated heterocycles. The minimum Gasteiger partial charge on any atom is -0.344 e. The van der Waals surface area contributed by atoms with Crippen molar-refractivity contribution in [1.82, 2.24) is 9.88 Å². The van der Waals surface area contributed by atoms with E-state index in [1.54, 1.807) is 0 Å². The summed E-state index contributed by atoms with van der Waals surface area (Å²) in [6.07, 6.45) is 9.30. The molecular formula is C25H29FN4. The third-order valence-corrected chi connectivity index (χ3v) is 6.86. The fourth-order valence-corrected chi connectivity index (χ4v) is 4.94. The highest BCUT2D eigenvalue weighted by molar-refractivity contribution is 5.98. The van der Waals surface area contributed by atoms with Crippen LogP contribution in [0.25, 0.3) is 16.3 Å². The zero-order chi connectivity index (χ0) is 20.7. The molecule has 0 spiro atoms. The van der Waals surface area contributed by atoms with Gasteiger partial charge in [0.2, 0.25) is 0 Å². The molecule has 0 amide bonds. The average molecular weight is 405 g/mol. The van der Waals surface area contributed by atoms with Crippen LogP contribution >= 0.6 is 0 Å². The Bertz CT molecular complexity index is 1030. The number of pyridine rings is 1. The Kier molecular flexibility index (Phi) is 5.15. The number of aromatic nitrogens is 1. The third kappa shape index (κ3) is 3.91. The van der Waals surface area contributed by atoms with Crippen LogP contribution in [0.1, 0.15) is 44.6 Å². The van der Waals surface area contributed by atoms with Gasteiger partial charge in [-0.3, -0.25) is 9.89 Å². The minimum absolute atomic E-state index is 0.190. The van der Waals surface area contributed by atoms with Crippen LogP contribution in [0.15, 0.2) is 53.9 Å². The molecule has 0 radical (unpaired) electrons. The lowest BCUT2D eigenvalue weighted by molar-refractivity contribution is 0.241. The van der Waals surface area contributed by atoms with Crippen molar-refractivity contribution in [3.8, 4) is 0 Å². The second kappa shape index (κ2) is 7.95. The zero-order valence-corrected chi connectivity index (χ0v) is 17.6. The van der Waals surface area contributed by atoms with Crippen LogP contribution in [0.5, 0.6) is 0 Å². The van der Waals surface area contributed by atoms with Crippen molar-refractivity contribution in [3.63, 3.8) is 0 Å². The molecular weight excluding hydrogens is 375 g/mol. The van der Waals surface area contributed by atoms with Crippen molar-refractivity contribution < 1.29 is 4.39 Å². The summed E-state index contributed by atoms with van der Waals surface area (Å²) >= 11 is 0. The first-order valence-corrected chi connectivity index (χ1v) is 11.0. The van der Waals surface area contributed by atoms with Gasteiger partial charge in [0.05, 0.1) is 6.04 Å². The van der Waals surface area contributed by atoms with Gasteiger partial charge in [-0.2, -0.15) is 0 Å². The Morgan fingerprint density at radius 2 is 2.03 bits per heavy atom. The molecule has 2 aliphatic heterocycles. The Balaban J connectivity index is 1.23. The molecule has 2 unspecified atom stereocenters. The summed E-state index contributed by atoms with van der Waals surface area (Å²) in [6, 6.07) is 9.36. The summed E-state index contributed by atoms with van der Waals surface area (Å²) in [5.41, 5.74) is 4.70. The molecule has 1 aliphatic carbocycles. The standard InChI is InChI=1S/C25H29FN4/c1-16-9-22(14-27-16)19-3-4-20-13-28-25(11-21(20)10-19)29-17(2)18-5-7-23(8-6-18)30-15-24(30)12-26/h3-4,10-11,13-14,18,23-24H,2,5-9,12,15H2,1H3,(H,28,29). The largest absolute Gasteiger partial charge is 0.344 e. The number of alkyl halides is 1. The number of anilines is 1. The normalized spacial score (nSPS) is 28.2. The SMILES string of the molecule is C=C(Nc1cc2cc(C3=CN=C(C)C3)ccc2cn1)C1CCC(N2CC2CF)CC1. The van der Waals surface area contributed by atoms with Crippen LogP contribution < -0.4 is 5.32 Å². The van der Waals surface area contributed by atoms with Gasteiger partial charge in [-0.1, -0.05) is 18.7 Å². The number of hydrogen-bond donors (Lipinski definition) is 1. The second-order valence-electron chi connectivity index (χ2n) is 8.99. The summed E-state index contributed by atoms with van der Waals surface area (Å²) in [6.45, 7) is 7.12. The van der Waals surface area contributed by atoms with Crippen LogP contribution in [0, 0.1) is 5.92 Å². The highest BCUT2D eigenvalue weighted by Gasteiger charge is 2.41. The number of hydrogen-bond acceptors (Lipinski definition) is 4. The lowest BCUT2D eigenvalue weighted by atomic mass is 9.84. The molecule has 5 heteroatoms. The van der Waals surface area contributed by atoms with Gasteiger partial charge in [0.15, 0.2) is 0 Å². The molecule has 2 aromatic rings. The number of fused-ring (bicyclic) bond motifs is 1.